The Morgan fingerprint density at radius 3 is 2.50 bits per heavy atom. The molecule has 0 radical (unpaired) electrons. The average Bonchev–Trinajstić information content (AvgIpc) is 2.56. The van der Waals surface area contributed by atoms with Crippen molar-refractivity contribution in [3.05, 3.63) is 0 Å². The van der Waals surface area contributed by atoms with Crippen molar-refractivity contribution < 1.29 is 4.79 Å². The molecule has 0 spiro atoms. The van der Waals surface area contributed by atoms with E-state index in [1.807, 2.05) is 4.90 Å². The second kappa shape index (κ2) is 6.00. The molecule has 4 heteroatoms. The first-order valence-corrected chi connectivity index (χ1v) is 7.25. The molecule has 1 aliphatic carbocycles. The van der Waals surface area contributed by atoms with E-state index in [-0.39, 0.29) is 23.3 Å². The van der Waals surface area contributed by atoms with Gasteiger partial charge in [0.25, 0.3) is 0 Å². The molecule has 18 heavy (non-hydrogen) atoms. The molecule has 1 atom stereocenters. The molecule has 3 nitrogen and oxygen atoms in total. The number of carbonyl (C=O) groups excluding carboxylic acids is 1. The molecule has 0 aromatic carbocycles. The molecule has 2 N–H and O–H groups in total. The van der Waals surface area contributed by atoms with Gasteiger partial charge < -0.3 is 10.6 Å². The van der Waals surface area contributed by atoms with Crippen LogP contribution >= 0.6 is 12.2 Å². The predicted octanol–water partition coefficient (Wildman–Crippen LogP) is 2.73. The van der Waals surface area contributed by atoms with Crippen LogP contribution in [-0.2, 0) is 4.79 Å². The molecule has 1 fully saturated rings. The van der Waals surface area contributed by atoms with Crippen LogP contribution < -0.4 is 5.73 Å². The normalized spacial score (nSPS) is 22.2. The van der Waals surface area contributed by atoms with Gasteiger partial charge in [-0.05, 0) is 32.1 Å². The van der Waals surface area contributed by atoms with Gasteiger partial charge >= 0.3 is 0 Å². The van der Waals surface area contributed by atoms with Crippen LogP contribution in [0.1, 0.15) is 53.4 Å². The molecule has 0 aromatic rings. The largest absolute Gasteiger partial charge is 0.393 e. The fraction of sp³-hybridized carbons (Fsp3) is 0.857. The van der Waals surface area contributed by atoms with Gasteiger partial charge in [0.2, 0.25) is 5.91 Å². The van der Waals surface area contributed by atoms with E-state index < -0.39 is 0 Å². The average molecular weight is 270 g/mol. The molecule has 0 aromatic heterocycles. The fourth-order valence-electron chi connectivity index (χ4n) is 2.84. The van der Waals surface area contributed by atoms with Gasteiger partial charge in [-0.15, -0.1) is 0 Å². The monoisotopic (exact) mass is 270 g/mol. The van der Waals surface area contributed by atoms with Crippen molar-refractivity contribution in [3.8, 4) is 0 Å². The van der Waals surface area contributed by atoms with Crippen molar-refractivity contribution in [2.45, 2.75) is 59.4 Å². The van der Waals surface area contributed by atoms with Crippen molar-refractivity contribution in [1.29, 1.82) is 0 Å². The van der Waals surface area contributed by atoms with Gasteiger partial charge in [0, 0.05) is 24.9 Å². The van der Waals surface area contributed by atoms with E-state index in [0.29, 0.717) is 18.0 Å². The summed E-state index contributed by atoms with van der Waals surface area (Å²) in [6, 6.07) is 0.211. The predicted molar refractivity (Wildman–Crippen MR) is 79.4 cm³/mol. The lowest BCUT2D eigenvalue weighted by molar-refractivity contribution is -0.140. The Balaban J connectivity index is 2.73. The maximum Gasteiger partial charge on any atom is 0.226 e. The summed E-state index contributed by atoms with van der Waals surface area (Å²) < 4.78 is 0. The number of carbonyl (C=O) groups is 1. The van der Waals surface area contributed by atoms with Gasteiger partial charge in [0.05, 0.1) is 4.99 Å². The molecule has 1 rings (SSSR count). The number of hydrogen-bond donors (Lipinski definition) is 1. The third kappa shape index (κ3) is 3.67. The fourth-order valence-corrected chi connectivity index (χ4v) is 2.93. The maximum atomic E-state index is 12.7. The number of nitrogens with zero attached hydrogens (tertiary/aromatic N) is 1. The van der Waals surface area contributed by atoms with Crippen LogP contribution in [-0.4, -0.2) is 28.4 Å². The summed E-state index contributed by atoms with van der Waals surface area (Å²) >= 11 is 4.91. The maximum absolute atomic E-state index is 12.7. The van der Waals surface area contributed by atoms with Crippen LogP contribution in [0, 0.1) is 11.3 Å². The first-order chi connectivity index (χ1) is 8.25. The first kappa shape index (κ1) is 15.4. The van der Waals surface area contributed by atoms with Gasteiger partial charge in [-0.1, -0.05) is 32.5 Å². The third-order valence-corrected chi connectivity index (χ3v) is 4.26. The summed E-state index contributed by atoms with van der Waals surface area (Å²) in [5.41, 5.74) is 5.67. The number of nitrogens with two attached hydrogens (primary N) is 1. The Labute approximate surface area is 116 Å². The summed E-state index contributed by atoms with van der Waals surface area (Å²) in [4.78, 5) is 15.1. The summed E-state index contributed by atoms with van der Waals surface area (Å²) in [7, 11) is 0. The Morgan fingerprint density at radius 1 is 1.50 bits per heavy atom. The van der Waals surface area contributed by atoms with Gasteiger partial charge in [0.1, 0.15) is 0 Å². The van der Waals surface area contributed by atoms with E-state index in [0.717, 1.165) is 19.3 Å². The quantitative estimate of drug-likeness (QED) is 0.781. The highest BCUT2D eigenvalue weighted by atomic mass is 32.1. The molecule has 1 aliphatic rings. The van der Waals surface area contributed by atoms with E-state index in [9.17, 15) is 4.79 Å². The van der Waals surface area contributed by atoms with E-state index in [1.165, 1.54) is 0 Å². The van der Waals surface area contributed by atoms with Crippen LogP contribution in [0.15, 0.2) is 0 Å². The van der Waals surface area contributed by atoms with Crippen LogP contribution in [0.4, 0.5) is 0 Å². The molecule has 1 amide bonds. The van der Waals surface area contributed by atoms with E-state index >= 15 is 0 Å². The first-order valence-electron chi connectivity index (χ1n) is 6.84. The van der Waals surface area contributed by atoms with Crippen LogP contribution in [0.2, 0.25) is 0 Å². The Kier molecular flexibility index (Phi) is 5.14. The number of thiocarbonyl (C=S) groups is 1. The lowest BCUT2D eigenvalue weighted by Crippen LogP contribution is -2.44. The zero-order chi connectivity index (χ0) is 13.9. The Bertz CT molecular complexity index is 326. The standard InChI is InChI=1S/C14H26N2OS/c1-10(2)16(9-7-12(15)18)13(17)11-6-5-8-14(11,3)4/h10-11H,5-9H2,1-4H3,(H2,15,18). The number of amides is 1. The Morgan fingerprint density at radius 2 is 2.11 bits per heavy atom. The van der Waals surface area contributed by atoms with Crippen molar-refractivity contribution in [2.24, 2.45) is 17.1 Å². The smallest absolute Gasteiger partial charge is 0.226 e. The molecule has 0 saturated heterocycles. The lowest BCUT2D eigenvalue weighted by Gasteiger charge is -2.34. The highest BCUT2D eigenvalue weighted by Crippen LogP contribution is 2.43. The van der Waals surface area contributed by atoms with Gasteiger partial charge in [0.15, 0.2) is 0 Å². The SMILES string of the molecule is CC(C)N(CCC(N)=S)C(=O)C1CCCC1(C)C. The summed E-state index contributed by atoms with van der Waals surface area (Å²) in [6.07, 6.45) is 3.93. The van der Waals surface area contributed by atoms with Crippen molar-refractivity contribution in [1.82, 2.24) is 4.90 Å². The van der Waals surface area contributed by atoms with Crippen LogP contribution in [0.25, 0.3) is 0 Å². The molecule has 0 heterocycles. The molecule has 104 valence electrons. The van der Waals surface area contributed by atoms with Crippen LogP contribution in [0.3, 0.4) is 0 Å². The zero-order valence-electron chi connectivity index (χ0n) is 12.0. The van der Waals surface area contributed by atoms with Gasteiger partial charge in [-0.25, -0.2) is 0 Å². The topological polar surface area (TPSA) is 46.3 Å². The molecule has 0 bridgehead atoms. The number of rotatable bonds is 5. The molecule has 0 aliphatic heterocycles. The summed E-state index contributed by atoms with van der Waals surface area (Å²) in [6.45, 7) is 9.17. The van der Waals surface area contributed by atoms with Gasteiger partial charge in [-0.3, -0.25) is 4.79 Å². The minimum absolute atomic E-state index is 0.132. The summed E-state index contributed by atoms with van der Waals surface area (Å²) in [5.74, 6) is 0.440. The Hall–Kier alpha value is -0.640. The minimum atomic E-state index is 0.132. The molecular formula is C14H26N2OS. The number of hydrogen-bond acceptors (Lipinski definition) is 2. The van der Waals surface area contributed by atoms with E-state index in [2.05, 4.69) is 27.7 Å². The van der Waals surface area contributed by atoms with Gasteiger partial charge in [-0.2, -0.15) is 0 Å². The second-order valence-electron chi connectivity index (χ2n) is 6.28. The third-order valence-electron chi connectivity index (χ3n) is 4.06. The van der Waals surface area contributed by atoms with Crippen molar-refractivity contribution >= 4 is 23.1 Å². The highest BCUT2D eigenvalue weighted by Gasteiger charge is 2.41. The molecular weight excluding hydrogens is 244 g/mol. The van der Waals surface area contributed by atoms with E-state index in [4.69, 9.17) is 18.0 Å². The van der Waals surface area contributed by atoms with Crippen molar-refractivity contribution in [3.63, 3.8) is 0 Å². The molecule has 1 saturated carbocycles. The van der Waals surface area contributed by atoms with E-state index in [1.54, 1.807) is 0 Å². The zero-order valence-corrected chi connectivity index (χ0v) is 12.8. The van der Waals surface area contributed by atoms with Crippen LogP contribution in [0.5, 0.6) is 0 Å². The second-order valence-corrected chi connectivity index (χ2v) is 6.80. The minimum Gasteiger partial charge on any atom is -0.393 e. The lowest BCUT2D eigenvalue weighted by atomic mass is 9.81. The summed E-state index contributed by atoms with van der Waals surface area (Å²) in [5, 5.41) is 0. The highest BCUT2D eigenvalue weighted by molar-refractivity contribution is 7.80. The molecule has 1 unspecified atom stereocenters. The van der Waals surface area contributed by atoms with Crippen molar-refractivity contribution in [2.75, 3.05) is 6.54 Å².